The number of hydrogen-bond donors (Lipinski definition) is 2. The number of carbonyl (C=O) groups excluding carboxylic acids is 2. The third kappa shape index (κ3) is 6.97. The molecule has 8 nitrogen and oxygen atoms in total. The first-order chi connectivity index (χ1) is 11.4. The molecule has 0 unspecified atom stereocenters. The van der Waals surface area contributed by atoms with Crippen LogP contribution in [0.25, 0.3) is 0 Å². The van der Waals surface area contributed by atoms with E-state index in [0.29, 0.717) is 18.8 Å². The Hall–Kier alpha value is -2.13. The zero-order valence-electron chi connectivity index (χ0n) is 13.7. The largest absolute Gasteiger partial charge is 0.494 e. The fourth-order valence-corrected chi connectivity index (χ4v) is 2.87. The van der Waals surface area contributed by atoms with Crippen LogP contribution in [0.4, 0.5) is 0 Å². The molecule has 1 rings (SSSR count). The molecule has 1 aromatic rings. The Kier molecular flexibility index (Phi) is 8.20. The quantitative estimate of drug-likeness (QED) is 0.450. The van der Waals surface area contributed by atoms with Gasteiger partial charge < -0.3 is 20.1 Å². The zero-order chi connectivity index (χ0) is 18.0. The van der Waals surface area contributed by atoms with Gasteiger partial charge in [-0.1, -0.05) is 0 Å². The van der Waals surface area contributed by atoms with Crippen LogP contribution in [0, 0.1) is 0 Å². The molecule has 0 saturated heterocycles. The molecule has 0 bridgehead atoms. The smallest absolute Gasteiger partial charge is 0.325 e. The summed E-state index contributed by atoms with van der Waals surface area (Å²) in [7, 11) is -0.523. The van der Waals surface area contributed by atoms with Crippen molar-refractivity contribution >= 4 is 21.7 Å². The van der Waals surface area contributed by atoms with E-state index in [1.54, 1.807) is 19.2 Å². The van der Waals surface area contributed by atoms with Crippen LogP contribution >= 0.6 is 0 Å². The van der Waals surface area contributed by atoms with E-state index in [4.69, 9.17) is 4.74 Å². The molecule has 0 aliphatic carbocycles. The predicted molar refractivity (Wildman–Crippen MR) is 87.3 cm³/mol. The van der Waals surface area contributed by atoms with Gasteiger partial charge >= 0.3 is 5.97 Å². The van der Waals surface area contributed by atoms with Crippen LogP contribution in [-0.2, 0) is 24.2 Å². The fraction of sp³-hybridized carbons (Fsp3) is 0.467. The summed E-state index contributed by atoms with van der Waals surface area (Å²) in [5.74, 6) is -0.382. The van der Waals surface area contributed by atoms with Crippen molar-refractivity contribution in [1.29, 1.82) is 0 Å². The minimum absolute atomic E-state index is 0.131. The first kappa shape index (κ1) is 19.9. The van der Waals surface area contributed by atoms with Gasteiger partial charge in [-0.2, -0.15) is 0 Å². The standard InChI is InChI=1S/C15H22N2O6S/c1-16-11-24(20,21)13-7-5-12(6-8-13)23-9-3-4-14(18)17-10-15(19)22-2/h5-8,16H,3-4,9-11H2,1-2H3,(H,17,18). The summed E-state index contributed by atoms with van der Waals surface area (Å²) in [6.45, 7) is 0.146. The monoisotopic (exact) mass is 358 g/mol. The van der Waals surface area contributed by atoms with Gasteiger partial charge in [0.1, 0.15) is 18.2 Å². The van der Waals surface area contributed by atoms with Crippen molar-refractivity contribution in [3.05, 3.63) is 24.3 Å². The van der Waals surface area contributed by atoms with Gasteiger partial charge in [-0.15, -0.1) is 0 Å². The van der Waals surface area contributed by atoms with Gasteiger partial charge in [0.2, 0.25) is 5.91 Å². The van der Waals surface area contributed by atoms with Crippen molar-refractivity contribution in [2.75, 3.05) is 33.2 Å². The molecular formula is C15H22N2O6S. The van der Waals surface area contributed by atoms with Crippen molar-refractivity contribution in [3.8, 4) is 5.75 Å². The van der Waals surface area contributed by atoms with Gasteiger partial charge in [-0.05, 0) is 37.7 Å². The highest BCUT2D eigenvalue weighted by atomic mass is 32.2. The van der Waals surface area contributed by atoms with E-state index < -0.39 is 15.8 Å². The summed E-state index contributed by atoms with van der Waals surface area (Å²) >= 11 is 0. The van der Waals surface area contributed by atoms with Crippen LogP contribution in [0.15, 0.2) is 29.2 Å². The van der Waals surface area contributed by atoms with Gasteiger partial charge in [0, 0.05) is 6.42 Å². The number of ether oxygens (including phenoxy) is 2. The Morgan fingerprint density at radius 3 is 2.42 bits per heavy atom. The van der Waals surface area contributed by atoms with E-state index >= 15 is 0 Å². The Bertz CT molecular complexity index is 642. The van der Waals surface area contributed by atoms with Gasteiger partial charge in [-0.25, -0.2) is 8.42 Å². The van der Waals surface area contributed by atoms with E-state index in [1.807, 2.05) is 0 Å². The highest BCUT2D eigenvalue weighted by Gasteiger charge is 2.12. The maximum absolute atomic E-state index is 11.8. The average molecular weight is 358 g/mol. The maximum atomic E-state index is 11.8. The highest BCUT2D eigenvalue weighted by molar-refractivity contribution is 7.91. The molecule has 0 aliphatic heterocycles. The van der Waals surface area contributed by atoms with Gasteiger partial charge in [-0.3, -0.25) is 9.59 Å². The Morgan fingerprint density at radius 2 is 1.83 bits per heavy atom. The minimum Gasteiger partial charge on any atom is -0.494 e. The summed E-state index contributed by atoms with van der Waals surface area (Å²) < 4.78 is 33.5. The lowest BCUT2D eigenvalue weighted by atomic mass is 10.3. The third-order valence-electron chi connectivity index (χ3n) is 2.99. The third-order valence-corrected chi connectivity index (χ3v) is 4.65. The molecule has 0 heterocycles. The topological polar surface area (TPSA) is 111 Å². The van der Waals surface area contributed by atoms with Crippen molar-refractivity contribution < 1.29 is 27.5 Å². The fourth-order valence-electron chi connectivity index (χ4n) is 1.77. The van der Waals surface area contributed by atoms with Gasteiger partial charge in [0.25, 0.3) is 0 Å². The number of amides is 1. The molecule has 0 aromatic heterocycles. The molecule has 2 N–H and O–H groups in total. The van der Waals surface area contributed by atoms with Gasteiger partial charge in [0.05, 0.1) is 18.6 Å². The SMILES string of the molecule is CNCS(=O)(=O)c1ccc(OCCCC(=O)NCC(=O)OC)cc1. The van der Waals surface area contributed by atoms with Crippen molar-refractivity contribution in [2.24, 2.45) is 0 Å². The lowest BCUT2D eigenvalue weighted by Gasteiger charge is -2.08. The molecule has 0 spiro atoms. The van der Waals surface area contributed by atoms with E-state index in [9.17, 15) is 18.0 Å². The number of carbonyl (C=O) groups is 2. The van der Waals surface area contributed by atoms with Gasteiger partial charge in [0.15, 0.2) is 9.84 Å². The molecular weight excluding hydrogens is 336 g/mol. The second kappa shape index (κ2) is 9.89. The molecule has 0 saturated carbocycles. The summed E-state index contributed by atoms with van der Waals surface area (Å²) in [5, 5.41) is 5.03. The predicted octanol–water partition coefficient (Wildman–Crippen LogP) is 0.0854. The number of esters is 1. The molecule has 9 heteroatoms. The average Bonchev–Trinajstić information content (AvgIpc) is 2.57. The Morgan fingerprint density at radius 1 is 1.17 bits per heavy atom. The molecule has 24 heavy (non-hydrogen) atoms. The summed E-state index contributed by atoms with van der Waals surface area (Å²) in [4.78, 5) is 22.5. The molecule has 0 radical (unpaired) electrons. The van der Waals surface area contributed by atoms with Crippen LogP contribution in [-0.4, -0.2) is 53.5 Å². The number of hydrogen-bond acceptors (Lipinski definition) is 7. The molecule has 0 atom stereocenters. The highest BCUT2D eigenvalue weighted by Crippen LogP contribution is 2.16. The van der Waals surface area contributed by atoms with Crippen molar-refractivity contribution in [3.63, 3.8) is 0 Å². The lowest BCUT2D eigenvalue weighted by Crippen LogP contribution is -2.30. The van der Waals surface area contributed by atoms with Crippen LogP contribution in [0.5, 0.6) is 5.75 Å². The van der Waals surface area contributed by atoms with Crippen LogP contribution in [0.3, 0.4) is 0 Å². The number of methoxy groups -OCH3 is 1. The van der Waals surface area contributed by atoms with Crippen LogP contribution in [0.2, 0.25) is 0 Å². The molecule has 134 valence electrons. The normalized spacial score (nSPS) is 10.9. The van der Waals surface area contributed by atoms with Crippen molar-refractivity contribution in [1.82, 2.24) is 10.6 Å². The Balaban J connectivity index is 2.33. The first-order valence-corrected chi connectivity index (χ1v) is 8.98. The second-order valence-corrected chi connectivity index (χ2v) is 6.88. The van der Waals surface area contributed by atoms with Crippen molar-refractivity contribution in [2.45, 2.75) is 17.7 Å². The van der Waals surface area contributed by atoms with Crippen LogP contribution in [0.1, 0.15) is 12.8 Å². The molecule has 1 aromatic carbocycles. The maximum Gasteiger partial charge on any atom is 0.325 e. The first-order valence-electron chi connectivity index (χ1n) is 7.33. The van der Waals surface area contributed by atoms with E-state index in [2.05, 4.69) is 15.4 Å². The summed E-state index contributed by atoms with van der Waals surface area (Å²) in [6.07, 6.45) is 0.679. The summed E-state index contributed by atoms with van der Waals surface area (Å²) in [6, 6.07) is 6.09. The summed E-state index contributed by atoms with van der Waals surface area (Å²) in [5.41, 5.74) is 0. The zero-order valence-corrected chi connectivity index (χ0v) is 14.5. The number of sulfone groups is 1. The Labute approximate surface area is 141 Å². The molecule has 0 fully saturated rings. The number of benzene rings is 1. The van der Waals surface area contributed by atoms with E-state index in [1.165, 1.54) is 19.2 Å². The van der Waals surface area contributed by atoms with Crippen LogP contribution < -0.4 is 15.4 Å². The van der Waals surface area contributed by atoms with E-state index in [-0.39, 0.29) is 29.6 Å². The number of rotatable bonds is 10. The second-order valence-electron chi connectivity index (χ2n) is 4.89. The molecule has 0 aliphatic rings. The molecule has 1 amide bonds. The van der Waals surface area contributed by atoms with E-state index in [0.717, 1.165) is 0 Å². The number of nitrogens with one attached hydrogen (secondary N) is 2. The minimum atomic E-state index is -3.34. The lowest BCUT2D eigenvalue weighted by molar-refractivity contribution is -0.141.